The molecule has 0 rings (SSSR count). The molecular formula is C6H12BrNO2. The van der Waals surface area contributed by atoms with Crippen LogP contribution in [0.3, 0.4) is 0 Å². The van der Waals surface area contributed by atoms with Crippen molar-refractivity contribution in [3.8, 4) is 0 Å². The summed E-state index contributed by atoms with van der Waals surface area (Å²) in [4.78, 5) is 10.8. The van der Waals surface area contributed by atoms with Gasteiger partial charge in [-0.05, 0) is 6.92 Å². The largest absolute Gasteiger partial charge is 0.465 e. The third-order valence-corrected chi connectivity index (χ3v) is 1.62. The predicted octanol–water partition coefficient (Wildman–Crippen LogP) is 0.660. The monoisotopic (exact) mass is 209 g/mol. The number of esters is 1. The van der Waals surface area contributed by atoms with Crippen molar-refractivity contribution in [3.05, 3.63) is 0 Å². The normalized spacial score (nSPS) is 16.0. The molecule has 0 unspecified atom stereocenters. The van der Waals surface area contributed by atoms with Crippen LogP contribution in [-0.4, -0.2) is 23.4 Å². The summed E-state index contributed by atoms with van der Waals surface area (Å²) >= 11 is 3.18. The fourth-order valence-corrected chi connectivity index (χ4v) is 0.642. The maximum Gasteiger partial charge on any atom is 0.324 e. The van der Waals surface area contributed by atoms with Crippen LogP contribution in [-0.2, 0) is 9.53 Å². The maximum absolute atomic E-state index is 10.8. The van der Waals surface area contributed by atoms with Crippen molar-refractivity contribution in [1.82, 2.24) is 0 Å². The molecule has 0 radical (unpaired) electrons. The molecule has 3 nitrogen and oxygen atoms in total. The number of carbonyl (C=O) groups is 1. The van der Waals surface area contributed by atoms with Crippen LogP contribution >= 0.6 is 15.9 Å². The van der Waals surface area contributed by atoms with E-state index < -0.39 is 6.04 Å². The van der Waals surface area contributed by atoms with E-state index >= 15 is 0 Å². The van der Waals surface area contributed by atoms with E-state index in [1.807, 2.05) is 6.92 Å². The highest BCUT2D eigenvalue weighted by Crippen LogP contribution is 2.03. The zero-order chi connectivity index (χ0) is 8.15. The maximum atomic E-state index is 10.8. The third-order valence-electron chi connectivity index (χ3n) is 1.05. The average molecular weight is 210 g/mol. The van der Waals surface area contributed by atoms with E-state index in [-0.39, 0.29) is 10.8 Å². The Morgan fingerprint density at radius 3 is 2.60 bits per heavy atom. The molecule has 0 aromatic heterocycles. The van der Waals surface area contributed by atoms with Gasteiger partial charge in [-0.25, -0.2) is 0 Å². The molecule has 60 valence electrons. The number of hydrogen-bond acceptors (Lipinski definition) is 3. The van der Waals surface area contributed by atoms with Gasteiger partial charge in [0.05, 0.1) is 6.61 Å². The number of hydrogen-bond donors (Lipinski definition) is 1. The van der Waals surface area contributed by atoms with E-state index in [4.69, 9.17) is 5.73 Å². The van der Waals surface area contributed by atoms with E-state index in [2.05, 4.69) is 20.7 Å². The average Bonchev–Trinajstić information content (AvgIpc) is 1.87. The van der Waals surface area contributed by atoms with Crippen molar-refractivity contribution >= 4 is 21.9 Å². The van der Waals surface area contributed by atoms with Gasteiger partial charge in [0.2, 0.25) is 0 Å². The quantitative estimate of drug-likeness (QED) is 0.549. The first kappa shape index (κ1) is 9.91. The minimum Gasteiger partial charge on any atom is -0.465 e. The van der Waals surface area contributed by atoms with Crippen molar-refractivity contribution in [1.29, 1.82) is 0 Å². The Kier molecular flexibility index (Phi) is 4.64. The molecule has 2 N–H and O–H groups in total. The molecule has 0 aromatic rings. The van der Waals surface area contributed by atoms with Crippen LogP contribution in [0.15, 0.2) is 0 Å². The van der Waals surface area contributed by atoms with E-state index in [9.17, 15) is 4.79 Å². The van der Waals surface area contributed by atoms with Gasteiger partial charge in [-0.1, -0.05) is 22.9 Å². The second-order valence-corrected chi connectivity index (χ2v) is 3.40. The van der Waals surface area contributed by atoms with Crippen LogP contribution in [0.4, 0.5) is 0 Å². The van der Waals surface area contributed by atoms with Gasteiger partial charge in [0.15, 0.2) is 0 Å². The number of halogens is 1. The summed E-state index contributed by atoms with van der Waals surface area (Å²) in [6.07, 6.45) is 0. The second kappa shape index (κ2) is 4.68. The van der Waals surface area contributed by atoms with Crippen LogP contribution in [0, 0.1) is 0 Å². The molecule has 2 atom stereocenters. The van der Waals surface area contributed by atoms with Crippen LogP contribution in [0.1, 0.15) is 13.8 Å². The zero-order valence-electron chi connectivity index (χ0n) is 6.13. The highest BCUT2D eigenvalue weighted by Gasteiger charge is 2.18. The Hall–Kier alpha value is -0.0900. The van der Waals surface area contributed by atoms with Gasteiger partial charge in [-0.15, -0.1) is 0 Å². The Morgan fingerprint density at radius 2 is 2.30 bits per heavy atom. The molecule has 0 aromatic carbocycles. The molecule has 0 spiro atoms. The van der Waals surface area contributed by atoms with Crippen LogP contribution in [0.25, 0.3) is 0 Å². The van der Waals surface area contributed by atoms with Gasteiger partial charge >= 0.3 is 5.97 Å². The summed E-state index contributed by atoms with van der Waals surface area (Å²) in [6.45, 7) is 3.94. The van der Waals surface area contributed by atoms with Crippen molar-refractivity contribution in [2.24, 2.45) is 5.73 Å². The second-order valence-electron chi connectivity index (χ2n) is 1.96. The lowest BCUT2D eigenvalue weighted by Crippen LogP contribution is -2.38. The number of carbonyl (C=O) groups excluding carboxylic acids is 1. The molecular weight excluding hydrogens is 198 g/mol. The highest BCUT2D eigenvalue weighted by atomic mass is 79.9. The third kappa shape index (κ3) is 3.17. The van der Waals surface area contributed by atoms with Gasteiger partial charge in [-0.3, -0.25) is 4.79 Å². The molecule has 0 saturated heterocycles. The summed E-state index contributed by atoms with van der Waals surface area (Å²) in [5.74, 6) is -0.355. The van der Waals surface area contributed by atoms with Gasteiger partial charge in [0, 0.05) is 4.83 Å². The summed E-state index contributed by atoms with van der Waals surface area (Å²) in [7, 11) is 0. The van der Waals surface area contributed by atoms with Crippen molar-refractivity contribution < 1.29 is 9.53 Å². The summed E-state index contributed by atoms with van der Waals surface area (Å²) in [5, 5.41) is 0. The van der Waals surface area contributed by atoms with Crippen LogP contribution in [0.2, 0.25) is 0 Å². The zero-order valence-corrected chi connectivity index (χ0v) is 7.72. The van der Waals surface area contributed by atoms with E-state index in [0.717, 1.165) is 0 Å². The number of ether oxygens (including phenoxy) is 1. The Bertz CT molecular complexity index is 116. The van der Waals surface area contributed by atoms with E-state index in [1.165, 1.54) is 0 Å². The Morgan fingerprint density at radius 1 is 1.80 bits per heavy atom. The Balaban J connectivity index is 3.71. The Labute approximate surface area is 69.0 Å². The van der Waals surface area contributed by atoms with Gasteiger partial charge < -0.3 is 10.5 Å². The molecule has 10 heavy (non-hydrogen) atoms. The molecule has 0 heterocycles. The number of rotatable bonds is 3. The van der Waals surface area contributed by atoms with Crippen molar-refractivity contribution in [2.75, 3.05) is 6.61 Å². The minimum absolute atomic E-state index is 0.0356. The summed E-state index contributed by atoms with van der Waals surface area (Å²) < 4.78 is 4.67. The molecule has 0 saturated carbocycles. The predicted molar refractivity (Wildman–Crippen MR) is 43.0 cm³/mol. The molecule has 4 heteroatoms. The first-order chi connectivity index (χ1) is 4.59. The fraction of sp³-hybridized carbons (Fsp3) is 0.833. The van der Waals surface area contributed by atoms with Gasteiger partial charge in [0.25, 0.3) is 0 Å². The lowest BCUT2D eigenvalue weighted by molar-refractivity contribution is -0.144. The standard InChI is InChI=1S/C6H12BrNO2/c1-3-10-6(9)5(8)4(2)7/h4-5H,3,8H2,1-2H3/t4-,5+/m1/s1. The van der Waals surface area contributed by atoms with E-state index in [0.29, 0.717) is 6.61 Å². The summed E-state index contributed by atoms with van der Waals surface area (Å²) in [6, 6.07) is -0.556. The molecule has 0 bridgehead atoms. The molecule has 0 aliphatic carbocycles. The SMILES string of the molecule is CCOC(=O)[C@@H](N)[C@@H](C)Br. The molecule has 0 aliphatic rings. The fourth-order valence-electron chi connectivity index (χ4n) is 0.426. The first-order valence-corrected chi connectivity index (χ1v) is 4.07. The summed E-state index contributed by atoms with van der Waals surface area (Å²) in [5.41, 5.74) is 5.42. The van der Waals surface area contributed by atoms with Crippen molar-refractivity contribution in [2.45, 2.75) is 24.7 Å². The van der Waals surface area contributed by atoms with Gasteiger partial charge in [-0.2, -0.15) is 0 Å². The lowest BCUT2D eigenvalue weighted by atomic mass is 10.2. The van der Waals surface area contributed by atoms with Gasteiger partial charge in [0.1, 0.15) is 6.04 Å². The smallest absolute Gasteiger partial charge is 0.324 e. The van der Waals surface area contributed by atoms with Crippen molar-refractivity contribution in [3.63, 3.8) is 0 Å². The molecule has 0 fully saturated rings. The lowest BCUT2D eigenvalue weighted by Gasteiger charge is -2.11. The highest BCUT2D eigenvalue weighted by molar-refractivity contribution is 9.09. The minimum atomic E-state index is -0.556. The van der Waals surface area contributed by atoms with Crippen LogP contribution in [0.5, 0.6) is 0 Å². The molecule has 0 amide bonds. The number of alkyl halides is 1. The first-order valence-electron chi connectivity index (χ1n) is 3.15. The van der Waals surface area contributed by atoms with E-state index in [1.54, 1.807) is 6.92 Å². The number of nitrogens with two attached hydrogens (primary N) is 1. The molecule has 0 aliphatic heterocycles. The van der Waals surface area contributed by atoms with Crippen LogP contribution < -0.4 is 5.73 Å². The topological polar surface area (TPSA) is 52.3 Å².